The Morgan fingerprint density at radius 2 is 0.914 bits per heavy atom. The number of imidazole rings is 2. The van der Waals surface area contributed by atoms with Crippen molar-refractivity contribution in [2.75, 3.05) is 142 Å². The van der Waals surface area contributed by atoms with Gasteiger partial charge in [0.25, 0.3) is 11.8 Å². The van der Waals surface area contributed by atoms with E-state index in [0.717, 1.165) is 29.3 Å². The fourth-order valence-electron chi connectivity index (χ4n) is 11.6. The quantitative estimate of drug-likeness (QED) is 0.0136. The van der Waals surface area contributed by atoms with E-state index in [1.54, 1.807) is 78.5 Å². The second kappa shape index (κ2) is 45.1. The normalized spacial score (nSPS) is 14.4. The topological polar surface area (TPSA) is 505 Å². The van der Waals surface area contributed by atoms with Crippen molar-refractivity contribution in [3.05, 3.63) is 84.7 Å². The second-order valence-electron chi connectivity index (χ2n) is 25.3. The number of aliphatic carboxylic acids is 3. The average molecular weight is 1470 g/mol. The third-order valence-corrected chi connectivity index (χ3v) is 17.4. The molecule has 0 spiro atoms. The van der Waals surface area contributed by atoms with Crippen molar-refractivity contribution >= 4 is 93.0 Å². The molecule has 16 N–H and O–H groups in total. The molecule has 105 heavy (non-hydrogen) atoms. The van der Waals surface area contributed by atoms with Gasteiger partial charge in [0.2, 0.25) is 29.5 Å². The predicted molar refractivity (Wildman–Crippen MR) is 381 cm³/mol. The number of nitrogens with zero attached hydrogens (tertiary/aromatic N) is 10. The maximum atomic E-state index is 14.0. The summed E-state index contributed by atoms with van der Waals surface area (Å²) in [6.45, 7) is 5.20. The lowest BCUT2D eigenvalue weighted by atomic mass is 10.1. The molecule has 1 saturated heterocycles. The minimum Gasteiger partial charge on any atom is -0.480 e. The van der Waals surface area contributed by atoms with Crippen LogP contribution < -0.4 is 47.9 Å². The Morgan fingerprint density at radius 1 is 0.467 bits per heavy atom. The van der Waals surface area contributed by atoms with E-state index in [2.05, 4.69) is 87.8 Å². The summed E-state index contributed by atoms with van der Waals surface area (Å²) in [5, 5.41) is 83.0. The number of hydrogen-bond donors (Lipinski definition) is 16. The molecule has 1 fully saturated rings. The number of unbranched alkanes of at least 4 members (excludes halogenated alkanes) is 4. The summed E-state index contributed by atoms with van der Waals surface area (Å²) in [5.41, 5.74) is 2.18. The molecule has 38 heteroatoms. The van der Waals surface area contributed by atoms with Crippen LogP contribution in [0.3, 0.4) is 0 Å². The van der Waals surface area contributed by atoms with Crippen molar-refractivity contribution in [2.24, 2.45) is 0 Å². The number of carbonyl (C=O) groups excluding carboxylic acids is 7. The van der Waals surface area contributed by atoms with Crippen LogP contribution in [0.15, 0.2) is 73.6 Å². The molecule has 5 heterocycles. The number of rotatable bonds is 47. The highest BCUT2D eigenvalue weighted by Gasteiger charge is 2.27. The van der Waals surface area contributed by atoms with Gasteiger partial charge in [-0.05, 0) is 81.3 Å². The number of benzene rings is 2. The van der Waals surface area contributed by atoms with Crippen molar-refractivity contribution in [3.8, 4) is 0 Å². The van der Waals surface area contributed by atoms with Crippen LogP contribution in [0.2, 0.25) is 0 Å². The van der Waals surface area contributed by atoms with Crippen molar-refractivity contribution in [3.63, 3.8) is 0 Å². The predicted octanol–water partition coefficient (Wildman–Crippen LogP) is 0.0388. The first-order valence-electron chi connectivity index (χ1n) is 35.3. The molecule has 1 aliphatic rings. The number of carboxylic acid groups (broad SMARTS) is 3. The van der Waals surface area contributed by atoms with Crippen LogP contribution in [0.5, 0.6) is 0 Å². The van der Waals surface area contributed by atoms with E-state index in [1.165, 1.54) is 0 Å². The molecule has 38 nitrogen and oxygen atoms in total. The molecule has 1 aliphatic heterocycles. The Hall–Kier alpha value is -10.2. The lowest BCUT2D eigenvalue weighted by Crippen LogP contribution is -2.52. The van der Waals surface area contributed by atoms with E-state index >= 15 is 0 Å². The number of aryl methyl sites for hydroxylation is 2. The number of aromatic nitrogens is 8. The van der Waals surface area contributed by atoms with Gasteiger partial charge in [-0.1, -0.05) is 12.8 Å². The van der Waals surface area contributed by atoms with Crippen molar-refractivity contribution in [1.29, 1.82) is 0 Å². The minimum absolute atomic E-state index is 0.00516. The Balaban J connectivity index is 0.851. The van der Waals surface area contributed by atoms with Gasteiger partial charge in [-0.15, -0.1) is 0 Å². The molecule has 0 radical (unpaired) electrons. The highest BCUT2D eigenvalue weighted by atomic mass is 17.1. The molecule has 574 valence electrons. The average Bonchev–Trinajstić information content (AvgIpc) is 1.69. The van der Waals surface area contributed by atoms with Crippen molar-refractivity contribution in [2.45, 2.75) is 108 Å². The largest absolute Gasteiger partial charge is 0.480 e. The van der Waals surface area contributed by atoms with Gasteiger partial charge >= 0.3 is 17.9 Å². The van der Waals surface area contributed by atoms with Gasteiger partial charge in [0.1, 0.15) is 18.1 Å². The number of hydrogen-bond acceptors (Lipinski definition) is 24. The fraction of sp³-hybridized carbons (Fsp3) is 0.552. The summed E-state index contributed by atoms with van der Waals surface area (Å²) in [6, 6.07) is 5.99. The Bertz CT molecular complexity index is 3710. The summed E-state index contributed by atoms with van der Waals surface area (Å²) >= 11 is 0. The zero-order chi connectivity index (χ0) is 75.1. The van der Waals surface area contributed by atoms with Crippen LogP contribution in [0.1, 0.15) is 97.8 Å². The third kappa shape index (κ3) is 29.8. The number of carbonyl (C=O) groups is 10. The van der Waals surface area contributed by atoms with E-state index in [1.807, 2.05) is 24.1 Å². The minimum atomic E-state index is -1.43. The molecule has 0 aliphatic carbocycles. The molecule has 7 rings (SSSR count). The molecule has 1 unspecified atom stereocenters. The monoisotopic (exact) mass is 1470 g/mol. The van der Waals surface area contributed by atoms with Crippen LogP contribution in [-0.2, 0) is 61.2 Å². The van der Waals surface area contributed by atoms with E-state index in [-0.39, 0.29) is 95.8 Å². The smallest absolute Gasteiger partial charge is 0.328 e. The highest BCUT2D eigenvalue weighted by molar-refractivity contribution is 5.99. The van der Waals surface area contributed by atoms with Gasteiger partial charge in [0.05, 0.1) is 49.7 Å². The zero-order valence-electron chi connectivity index (χ0n) is 58.8. The standard InChI is InChI=1S/C67H99N21O17/c89-56(68-17-5-1-3-9-57(90)81-52(64(98)99)43-76-61(95)47-11-14-54-49(39-47)41-78-87(54)25-7-19-70-66-72-21-22-73-66)16-13-51(80-59(92)45-85-31-29-83(35-37-104-102)27-28-84(36-38-105-103)30-32-86(34-33-85)46-60(93)94)63(97)69-18-6-2-4-10-58(91)82-53(65(100)101)44-77-62(96)48-12-15-55-50(40-48)42-79-88(55)26-8-20-71-67-74-23-24-75-67/h11-12,14-15,21-24,39-42,51-53,102-103H,1-10,13,16-20,25-38,43-46H2,(H,68,89)(H,69,97)(H,76,95)(H,77,96)(H,80,92)(H,81,90)(H,82,91)(H,93,94)(H,98,99)(H,100,101)(H2,70,72,73)(H2,71,74,75)/t51?,52-,53+/m1/s1. The molecule has 0 saturated carbocycles. The van der Waals surface area contributed by atoms with E-state index in [4.69, 9.17) is 5.26 Å². The Kier molecular flexibility index (Phi) is 35.3. The summed E-state index contributed by atoms with van der Waals surface area (Å²) in [7, 11) is 0. The summed E-state index contributed by atoms with van der Waals surface area (Å²) in [4.78, 5) is 160. The van der Waals surface area contributed by atoms with Crippen molar-refractivity contribution < 1.29 is 83.6 Å². The van der Waals surface area contributed by atoms with Gasteiger partial charge in [-0.2, -0.15) is 10.2 Å². The molecule has 7 amide bonds. The molecule has 3 atom stereocenters. The van der Waals surface area contributed by atoms with Crippen LogP contribution >= 0.6 is 0 Å². The number of nitrogens with one attached hydrogen (secondary N) is 11. The Morgan fingerprint density at radius 3 is 1.35 bits per heavy atom. The van der Waals surface area contributed by atoms with Crippen LogP contribution in [0.25, 0.3) is 21.8 Å². The summed E-state index contributed by atoms with van der Waals surface area (Å²) in [5.74, 6) is -6.20. The highest BCUT2D eigenvalue weighted by Crippen LogP contribution is 2.19. The van der Waals surface area contributed by atoms with Gasteiger partial charge < -0.3 is 73.1 Å². The zero-order valence-corrected chi connectivity index (χ0v) is 58.8. The van der Waals surface area contributed by atoms with E-state index < -0.39 is 83.9 Å². The number of aromatic amines is 2. The first-order chi connectivity index (χ1) is 50.8. The first-order valence-corrected chi connectivity index (χ1v) is 35.3. The van der Waals surface area contributed by atoms with Gasteiger partial charge in [0.15, 0.2) is 11.9 Å². The van der Waals surface area contributed by atoms with Crippen LogP contribution in [0.4, 0.5) is 11.9 Å². The van der Waals surface area contributed by atoms with E-state index in [9.17, 15) is 68.5 Å². The number of H-pyrrole nitrogens is 2. The molecular formula is C67H99N21O17. The maximum Gasteiger partial charge on any atom is 0.328 e. The number of carboxylic acids is 3. The molecule has 0 bridgehead atoms. The SMILES string of the molecule is O=C(O)CN1CCN(CCOO)CCN(CCOO)CCN(CC(=O)NC(CCC(=O)NCCCCCC(=O)N[C@H](CNC(=O)c2ccc3c(cnn3CCCNc3ncc[nH]3)c2)C(=O)O)C(=O)NCCCCCC(=O)N[C@@H](CNC(=O)c2ccc3c(cnn3CCCNc3ncc[nH]3)c2)C(=O)O)CC1. The van der Waals surface area contributed by atoms with Gasteiger partial charge in [0, 0.05) is 184 Å². The van der Waals surface area contributed by atoms with Crippen LogP contribution in [-0.4, -0.2) is 293 Å². The van der Waals surface area contributed by atoms with Crippen LogP contribution in [0, 0.1) is 0 Å². The lowest BCUT2D eigenvalue weighted by Gasteiger charge is -2.33. The van der Waals surface area contributed by atoms with E-state index in [0.29, 0.717) is 134 Å². The number of fused-ring (bicyclic) bond motifs is 2. The molecular weight excluding hydrogens is 1370 g/mol. The lowest BCUT2D eigenvalue weighted by molar-refractivity contribution is -0.245. The van der Waals surface area contributed by atoms with Gasteiger partial charge in [-0.25, -0.2) is 29.3 Å². The summed E-state index contributed by atoms with van der Waals surface area (Å²) in [6.07, 6.45) is 13.4. The fourth-order valence-corrected chi connectivity index (χ4v) is 11.6. The molecule has 4 aromatic heterocycles. The van der Waals surface area contributed by atoms with Crippen molar-refractivity contribution in [1.82, 2.24) is 96.3 Å². The van der Waals surface area contributed by atoms with Gasteiger partial charge in [-0.3, -0.25) is 77.8 Å². The first kappa shape index (κ1) is 82.1. The summed E-state index contributed by atoms with van der Waals surface area (Å²) < 4.78 is 3.64. The molecule has 2 aromatic carbocycles. The third-order valence-electron chi connectivity index (χ3n) is 17.4. The maximum absolute atomic E-state index is 14.0. The molecule has 6 aromatic rings. The second-order valence-corrected chi connectivity index (χ2v) is 25.3. The number of amides is 7. The Labute approximate surface area is 605 Å². The number of anilines is 2.